The summed E-state index contributed by atoms with van der Waals surface area (Å²) in [4.78, 5) is 21.2. The molecule has 10 nitrogen and oxygen atoms in total. The van der Waals surface area contributed by atoms with E-state index in [0.29, 0.717) is 17.1 Å². The highest BCUT2D eigenvalue weighted by molar-refractivity contribution is 7.92. The molecule has 0 aliphatic heterocycles. The first-order valence-corrected chi connectivity index (χ1v) is 20.1. The minimum atomic E-state index is -4.23. The molecule has 1 saturated carbocycles. The first-order valence-electron chi connectivity index (χ1n) is 15.7. The van der Waals surface area contributed by atoms with Crippen LogP contribution in [0.25, 0.3) is 11.0 Å². The van der Waals surface area contributed by atoms with Crippen LogP contribution in [-0.4, -0.2) is 58.4 Å². The van der Waals surface area contributed by atoms with Crippen molar-refractivity contribution >= 4 is 41.3 Å². The molecule has 2 aromatic heterocycles. The van der Waals surface area contributed by atoms with Crippen molar-refractivity contribution in [3.8, 4) is 0 Å². The Hall–Kier alpha value is -3.22. The van der Waals surface area contributed by atoms with Crippen LogP contribution in [0.5, 0.6) is 0 Å². The SMILES string of the molecule is CC(C)(C)N(C(=O)O)S(=O)(=O)C=C[C@@H]1C[C@@H](n2ccc3c(N[C@H]4CCc5ccccc54)ncnc32)C[C@@H]1O[Si](C)(C)C(C)(C)C. The van der Waals surface area contributed by atoms with Crippen molar-refractivity contribution in [2.45, 2.75) is 109 Å². The topological polar surface area (TPSA) is 127 Å². The number of rotatable bonds is 8. The van der Waals surface area contributed by atoms with Gasteiger partial charge >= 0.3 is 6.09 Å². The molecular formula is C33H47N5O5SSi. The molecule has 4 atom stereocenters. The number of anilines is 1. The summed E-state index contributed by atoms with van der Waals surface area (Å²) in [5, 5.41) is 15.4. The monoisotopic (exact) mass is 653 g/mol. The Morgan fingerprint density at radius 2 is 1.82 bits per heavy atom. The summed E-state index contributed by atoms with van der Waals surface area (Å²) >= 11 is 0. The van der Waals surface area contributed by atoms with E-state index in [1.54, 1.807) is 33.2 Å². The van der Waals surface area contributed by atoms with Crippen molar-refractivity contribution in [2.24, 2.45) is 5.92 Å². The van der Waals surface area contributed by atoms with Crippen LogP contribution < -0.4 is 5.32 Å². The predicted molar refractivity (Wildman–Crippen MR) is 180 cm³/mol. The summed E-state index contributed by atoms with van der Waals surface area (Å²) in [5.74, 6) is 0.562. The van der Waals surface area contributed by atoms with Gasteiger partial charge in [-0.15, -0.1) is 0 Å². The zero-order chi connectivity index (χ0) is 32.9. The molecule has 0 radical (unpaired) electrons. The zero-order valence-corrected chi connectivity index (χ0v) is 29.4. The Morgan fingerprint density at radius 1 is 1.11 bits per heavy atom. The summed E-state index contributed by atoms with van der Waals surface area (Å²) in [6, 6.07) is 10.8. The van der Waals surface area contributed by atoms with Crippen molar-refractivity contribution in [1.82, 2.24) is 18.8 Å². The van der Waals surface area contributed by atoms with Crippen molar-refractivity contribution in [1.29, 1.82) is 0 Å². The van der Waals surface area contributed by atoms with Crippen molar-refractivity contribution in [2.75, 3.05) is 5.32 Å². The number of hydrogen-bond acceptors (Lipinski definition) is 7. The van der Waals surface area contributed by atoms with Crippen molar-refractivity contribution in [3.05, 3.63) is 65.5 Å². The second-order valence-electron chi connectivity index (χ2n) is 14.9. The van der Waals surface area contributed by atoms with Crippen molar-refractivity contribution < 1.29 is 22.7 Å². The van der Waals surface area contributed by atoms with E-state index in [1.807, 2.05) is 12.3 Å². The van der Waals surface area contributed by atoms with E-state index in [4.69, 9.17) is 4.43 Å². The smallest absolute Gasteiger partial charge is 0.421 e. The molecule has 244 valence electrons. The molecule has 2 N–H and O–H groups in total. The molecule has 5 rings (SSSR count). The van der Waals surface area contributed by atoms with E-state index in [0.717, 1.165) is 35.1 Å². The van der Waals surface area contributed by atoms with Crippen LogP contribution in [-0.2, 0) is 20.9 Å². The second kappa shape index (κ2) is 11.9. The zero-order valence-electron chi connectivity index (χ0n) is 27.6. The number of amides is 1. The number of sulfonamides is 1. The highest BCUT2D eigenvalue weighted by atomic mass is 32.2. The lowest BCUT2D eigenvalue weighted by atomic mass is 10.1. The van der Waals surface area contributed by atoms with Crippen LogP contribution >= 0.6 is 0 Å². The summed E-state index contributed by atoms with van der Waals surface area (Å²) in [7, 11) is -6.45. The largest absolute Gasteiger partial charge is 0.464 e. The van der Waals surface area contributed by atoms with E-state index in [1.165, 1.54) is 11.1 Å². The molecule has 1 aromatic carbocycles. The number of nitrogens with one attached hydrogen (secondary N) is 1. The first kappa shape index (κ1) is 33.1. The average molecular weight is 654 g/mol. The van der Waals surface area contributed by atoms with E-state index in [-0.39, 0.29) is 29.1 Å². The fraction of sp³-hybridized carbons (Fsp3) is 0.545. The molecule has 1 fully saturated rings. The van der Waals surface area contributed by atoms with Gasteiger partial charge in [0.2, 0.25) is 0 Å². The maximum absolute atomic E-state index is 13.3. The summed E-state index contributed by atoms with van der Waals surface area (Å²) in [6.07, 6.45) is 6.87. The lowest BCUT2D eigenvalue weighted by Gasteiger charge is -2.39. The van der Waals surface area contributed by atoms with Gasteiger partial charge in [0, 0.05) is 23.6 Å². The number of carbonyl (C=O) groups is 1. The maximum atomic E-state index is 13.3. The molecule has 0 unspecified atom stereocenters. The first-order chi connectivity index (χ1) is 20.9. The highest BCUT2D eigenvalue weighted by Crippen LogP contribution is 2.45. The van der Waals surface area contributed by atoms with Crippen LogP contribution in [0, 0.1) is 5.92 Å². The van der Waals surface area contributed by atoms with Gasteiger partial charge in [-0.1, -0.05) is 51.1 Å². The number of fused-ring (bicyclic) bond motifs is 2. The van der Waals surface area contributed by atoms with Gasteiger partial charge in [-0.2, -0.15) is 4.31 Å². The Kier molecular flexibility index (Phi) is 8.73. The lowest BCUT2D eigenvalue weighted by Crippen LogP contribution is -2.48. The molecule has 45 heavy (non-hydrogen) atoms. The maximum Gasteiger partial charge on any atom is 0.421 e. The van der Waals surface area contributed by atoms with Gasteiger partial charge in [-0.25, -0.2) is 23.2 Å². The molecule has 1 amide bonds. The Morgan fingerprint density at radius 3 is 2.49 bits per heavy atom. The number of hydrogen-bond donors (Lipinski definition) is 2. The Bertz CT molecular complexity index is 1710. The van der Waals surface area contributed by atoms with Gasteiger partial charge < -0.3 is 19.4 Å². The average Bonchev–Trinajstić information content (AvgIpc) is 3.63. The third-order valence-corrected chi connectivity index (χ3v) is 15.9. The highest BCUT2D eigenvalue weighted by Gasteiger charge is 2.44. The van der Waals surface area contributed by atoms with E-state index in [2.05, 4.69) is 78.0 Å². The fourth-order valence-corrected chi connectivity index (χ4v) is 9.30. The normalized spacial score (nSPS) is 22.7. The van der Waals surface area contributed by atoms with Gasteiger partial charge in [0.05, 0.1) is 23.1 Å². The van der Waals surface area contributed by atoms with Crippen LogP contribution in [0.15, 0.2) is 54.3 Å². The summed E-state index contributed by atoms with van der Waals surface area (Å²) in [6.45, 7) is 15.6. The molecule has 0 saturated heterocycles. The Labute approximate surface area is 268 Å². The second-order valence-corrected chi connectivity index (χ2v) is 21.3. The van der Waals surface area contributed by atoms with E-state index in [9.17, 15) is 18.3 Å². The molecule has 0 bridgehead atoms. The number of nitrogens with zero attached hydrogens (tertiary/aromatic N) is 4. The Balaban J connectivity index is 1.45. The minimum Gasteiger partial charge on any atom is -0.464 e. The van der Waals surface area contributed by atoms with Crippen LogP contribution in [0.1, 0.15) is 84.0 Å². The third-order valence-electron chi connectivity index (χ3n) is 9.66. The van der Waals surface area contributed by atoms with Gasteiger partial charge in [0.1, 0.15) is 17.8 Å². The van der Waals surface area contributed by atoms with Gasteiger partial charge in [-0.05, 0) is 81.8 Å². The van der Waals surface area contributed by atoms with Gasteiger partial charge in [0.25, 0.3) is 10.0 Å². The number of aromatic nitrogens is 3. The summed E-state index contributed by atoms with van der Waals surface area (Å²) in [5.41, 5.74) is 2.37. The third kappa shape index (κ3) is 6.68. The summed E-state index contributed by atoms with van der Waals surface area (Å²) < 4.78 is 36.1. The van der Waals surface area contributed by atoms with Crippen LogP contribution in [0.2, 0.25) is 18.1 Å². The molecular weight excluding hydrogens is 607 g/mol. The molecule has 2 aliphatic rings. The predicted octanol–water partition coefficient (Wildman–Crippen LogP) is 7.49. The van der Waals surface area contributed by atoms with Crippen LogP contribution in [0.4, 0.5) is 10.6 Å². The van der Waals surface area contributed by atoms with Crippen molar-refractivity contribution in [3.63, 3.8) is 0 Å². The van der Waals surface area contributed by atoms with E-state index >= 15 is 0 Å². The molecule has 2 heterocycles. The van der Waals surface area contributed by atoms with Crippen LogP contribution in [0.3, 0.4) is 0 Å². The molecule has 12 heteroatoms. The minimum absolute atomic E-state index is 0.00257. The standard InChI is InChI=1S/C33H47N5O5SSi/c1-32(2,3)38(31(39)40)44(41,42)18-16-23-19-24(20-28(23)43-45(7,8)33(4,5)6)37-17-15-26-29(34-21-35-30(26)37)36-27-14-13-22-11-9-10-12-25(22)27/h9-12,15-18,21,23-24,27-28H,13-14,19-20H2,1-8H3,(H,39,40)(H,34,35,36)/t23-,24-,27+,28+/m1/s1. The molecule has 2 aliphatic carbocycles. The van der Waals surface area contributed by atoms with E-state index < -0.39 is 30.0 Å². The number of aryl methyl sites for hydroxylation is 1. The number of carboxylic acid groups (broad SMARTS) is 1. The lowest BCUT2D eigenvalue weighted by molar-refractivity contribution is 0.147. The molecule has 3 aromatic rings. The number of benzene rings is 1. The van der Waals surface area contributed by atoms with Gasteiger partial charge in [0.15, 0.2) is 8.32 Å². The molecule has 0 spiro atoms. The van der Waals surface area contributed by atoms with Gasteiger partial charge in [-0.3, -0.25) is 0 Å². The quantitative estimate of drug-likeness (QED) is 0.240. The fourth-order valence-electron chi connectivity index (χ4n) is 6.42.